The Labute approximate surface area is 244 Å². The molecule has 3 rings (SSSR count). The number of ketones is 1. The Balaban J connectivity index is 2.41. The maximum atomic E-state index is 14.8. The highest BCUT2D eigenvalue weighted by Crippen LogP contribution is 2.48. The lowest BCUT2D eigenvalue weighted by Gasteiger charge is -2.42. The molecule has 0 heterocycles. The summed E-state index contributed by atoms with van der Waals surface area (Å²) < 4.78 is 154. The summed E-state index contributed by atoms with van der Waals surface area (Å²) in [6.07, 6.45) is -20.0. The summed E-state index contributed by atoms with van der Waals surface area (Å²) in [6, 6.07) is 7.35. The van der Waals surface area contributed by atoms with Gasteiger partial charge in [0.05, 0.1) is 5.56 Å². The van der Waals surface area contributed by atoms with Gasteiger partial charge in [0.2, 0.25) is 0 Å². The van der Waals surface area contributed by atoms with E-state index in [2.05, 4.69) is 0 Å². The number of rotatable bonds is 10. The van der Waals surface area contributed by atoms with Crippen LogP contribution in [0.25, 0.3) is 0 Å². The van der Waals surface area contributed by atoms with E-state index in [-0.39, 0.29) is 17.2 Å². The van der Waals surface area contributed by atoms with Crippen molar-refractivity contribution in [2.45, 2.75) is 68.3 Å². The molecule has 0 aromatic heterocycles. The van der Waals surface area contributed by atoms with Gasteiger partial charge in [-0.2, -0.15) is 39.5 Å². The molecule has 240 valence electrons. The zero-order valence-corrected chi connectivity index (χ0v) is 23.0. The maximum Gasteiger partial charge on any atom is 0.428 e. The molecule has 0 bridgehead atoms. The number of hydrogen-bond donors (Lipinski definition) is 2. The van der Waals surface area contributed by atoms with Crippen LogP contribution >= 0.6 is 0 Å². The van der Waals surface area contributed by atoms with E-state index in [0.717, 1.165) is 38.1 Å². The third-order valence-corrected chi connectivity index (χ3v) is 7.10. The number of Topliss-reactive ketones (excluding diaryl/α,β-unsaturated/α-hetero) is 1. The number of aliphatic hydroxyl groups is 1. The van der Waals surface area contributed by atoms with Crippen LogP contribution in [0.1, 0.15) is 42.5 Å². The smallest absolute Gasteiger partial charge is 0.372 e. The minimum absolute atomic E-state index is 0.123. The average molecular weight is 642 g/mol. The van der Waals surface area contributed by atoms with Crippen LogP contribution in [0.15, 0.2) is 72.8 Å². The highest BCUT2D eigenvalue weighted by Gasteiger charge is 2.75. The van der Waals surface area contributed by atoms with Crippen molar-refractivity contribution in [1.82, 2.24) is 5.32 Å². The van der Waals surface area contributed by atoms with Crippen molar-refractivity contribution >= 4 is 5.78 Å². The summed E-state index contributed by atoms with van der Waals surface area (Å²) in [7, 11) is 0. The fraction of sp³-hybridized carbons (Fsp3) is 0.367. The van der Waals surface area contributed by atoms with Crippen molar-refractivity contribution < 1.29 is 58.2 Å². The van der Waals surface area contributed by atoms with Crippen LogP contribution in [0.4, 0.5) is 48.3 Å². The van der Waals surface area contributed by atoms with Crippen LogP contribution < -0.4 is 5.32 Å². The second kappa shape index (κ2) is 12.5. The van der Waals surface area contributed by atoms with E-state index in [9.17, 15) is 58.2 Å². The lowest BCUT2D eigenvalue weighted by Crippen LogP contribution is -2.71. The van der Waals surface area contributed by atoms with E-state index < -0.39 is 83.0 Å². The first-order chi connectivity index (χ1) is 20.1. The largest absolute Gasteiger partial charge is 0.428 e. The van der Waals surface area contributed by atoms with Crippen LogP contribution in [-0.2, 0) is 22.8 Å². The Morgan fingerprint density at radius 1 is 0.727 bits per heavy atom. The fourth-order valence-electron chi connectivity index (χ4n) is 5.05. The van der Waals surface area contributed by atoms with Gasteiger partial charge in [0.15, 0.2) is 5.78 Å². The molecular weight excluding hydrogens is 615 g/mol. The minimum atomic E-state index is -6.45. The van der Waals surface area contributed by atoms with Gasteiger partial charge >= 0.3 is 18.5 Å². The summed E-state index contributed by atoms with van der Waals surface area (Å²) in [6.45, 7) is 2.21. The average Bonchev–Trinajstić information content (AvgIpc) is 2.89. The Morgan fingerprint density at radius 3 is 1.73 bits per heavy atom. The van der Waals surface area contributed by atoms with Gasteiger partial charge < -0.3 is 10.4 Å². The molecule has 0 saturated heterocycles. The van der Waals surface area contributed by atoms with E-state index in [1.54, 1.807) is 0 Å². The predicted molar refractivity (Wildman–Crippen MR) is 137 cm³/mol. The Kier molecular flexibility index (Phi) is 9.91. The number of alkyl halides is 9. The van der Waals surface area contributed by atoms with Gasteiger partial charge in [0.25, 0.3) is 5.60 Å². The normalized spacial score (nSPS) is 15.2. The van der Waals surface area contributed by atoms with Gasteiger partial charge in [0, 0.05) is 17.9 Å². The molecular formula is C30H26F11NO2. The number of carbonyl (C=O) groups is 1. The summed E-state index contributed by atoms with van der Waals surface area (Å²) in [5.74, 6) is -4.25. The van der Waals surface area contributed by atoms with E-state index in [4.69, 9.17) is 0 Å². The molecule has 14 heteroatoms. The monoisotopic (exact) mass is 641 g/mol. The molecule has 2 atom stereocenters. The summed E-state index contributed by atoms with van der Waals surface area (Å²) in [5, 5.41) is 12.1. The van der Waals surface area contributed by atoms with Crippen LogP contribution in [0.2, 0.25) is 0 Å². The molecule has 1 unspecified atom stereocenters. The lowest BCUT2D eigenvalue weighted by atomic mass is 9.66. The molecule has 3 nitrogen and oxygen atoms in total. The van der Waals surface area contributed by atoms with Crippen LogP contribution in [0.3, 0.4) is 0 Å². The molecule has 0 radical (unpaired) electrons. The standard InChI is InChI=1S/C30H26F11NO2/c1-17(2)42-25(27(44,29(36,37)38)30(39,40)41)24(43)16-26(15-18-6-4-3-5-7-18,19-8-10-22(31)11-9-19)20-12-21(28(33,34)35)14-23(32)13-20/h3-14,17,25,42,44H,15-16H2,1-2H3/t25?,26-/m1/s1. The van der Waals surface area contributed by atoms with Gasteiger partial charge in [-0.1, -0.05) is 56.3 Å². The van der Waals surface area contributed by atoms with Crippen molar-refractivity contribution in [3.8, 4) is 0 Å². The fourth-order valence-corrected chi connectivity index (χ4v) is 5.05. The zero-order valence-electron chi connectivity index (χ0n) is 23.0. The summed E-state index contributed by atoms with van der Waals surface area (Å²) >= 11 is 0. The second-order valence-corrected chi connectivity index (χ2v) is 10.6. The molecule has 0 saturated carbocycles. The SMILES string of the molecule is CC(C)NC(C(=O)C[C@](Cc1ccccc1)(c1ccc(F)cc1)c1cc(F)cc(C(F)(F)F)c1)C(O)(C(F)(F)F)C(F)(F)F. The van der Waals surface area contributed by atoms with E-state index >= 15 is 0 Å². The van der Waals surface area contributed by atoms with Crippen molar-refractivity contribution in [2.24, 2.45) is 0 Å². The van der Waals surface area contributed by atoms with Crippen molar-refractivity contribution in [1.29, 1.82) is 0 Å². The first kappa shape index (κ1) is 35.0. The van der Waals surface area contributed by atoms with Crippen molar-refractivity contribution in [3.05, 3.63) is 107 Å². The maximum absolute atomic E-state index is 14.8. The number of nitrogens with one attached hydrogen (secondary N) is 1. The molecule has 3 aromatic carbocycles. The molecule has 0 amide bonds. The van der Waals surface area contributed by atoms with E-state index in [1.165, 1.54) is 30.3 Å². The molecule has 0 fully saturated rings. The quantitative estimate of drug-likeness (QED) is 0.223. The van der Waals surface area contributed by atoms with Gasteiger partial charge in [-0.25, -0.2) is 8.78 Å². The number of benzene rings is 3. The third kappa shape index (κ3) is 7.23. The van der Waals surface area contributed by atoms with E-state index in [1.807, 2.05) is 5.32 Å². The number of hydrogen-bond acceptors (Lipinski definition) is 3. The van der Waals surface area contributed by atoms with Gasteiger partial charge in [-0.3, -0.25) is 4.79 Å². The molecule has 0 spiro atoms. The first-order valence-electron chi connectivity index (χ1n) is 12.9. The molecule has 3 aromatic rings. The Bertz CT molecular complexity index is 1420. The van der Waals surface area contributed by atoms with Crippen LogP contribution in [-0.4, -0.2) is 40.9 Å². The number of carbonyl (C=O) groups excluding carboxylic acids is 1. The highest BCUT2D eigenvalue weighted by atomic mass is 19.4. The first-order valence-corrected chi connectivity index (χ1v) is 12.9. The second-order valence-electron chi connectivity index (χ2n) is 10.6. The lowest BCUT2D eigenvalue weighted by molar-refractivity contribution is -0.373. The van der Waals surface area contributed by atoms with Gasteiger partial charge in [0.1, 0.15) is 17.7 Å². The third-order valence-electron chi connectivity index (χ3n) is 7.10. The minimum Gasteiger partial charge on any atom is -0.372 e. The molecule has 2 N–H and O–H groups in total. The molecule has 0 aliphatic heterocycles. The molecule has 0 aliphatic carbocycles. The van der Waals surface area contributed by atoms with Crippen molar-refractivity contribution in [2.75, 3.05) is 0 Å². The molecule has 44 heavy (non-hydrogen) atoms. The van der Waals surface area contributed by atoms with Crippen LogP contribution in [0, 0.1) is 11.6 Å². The van der Waals surface area contributed by atoms with Gasteiger partial charge in [-0.15, -0.1) is 0 Å². The highest BCUT2D eigenvalue weighted by molar-refractivity contribution is 5.88. The summed E-state index contributed by atoms with van der Waals surface area (Å²) in [5.41, 5.74) is -10.1. The Morgan fingerprint density at radius 2 is 1.25 bits per heavy atom. The van der Waals surface area contributed by atoms with Gasteiger partial charge in [-0.05, 0) is 53.4 Å². The van der Waals surface area contributed by atoms with Crippen molar-refractivity contribution in [3.63, 3.8) is 0 Å². The van der Waals surface area contributed by atoms with Crippen LogP contribution in [0.5, 0.6) is 0 Å². The van der Waals surface area contributed by atoms with E-state index in [0.29, 0.717) is 12.1 Å². The number of halogens is 11. The zero-order chi connectivity index (χ0) is 33.3. The predicted octanol–water partition coefficient (Wildman–Crippen LogP) is 7.69. The Hall–Kier alpha value is -3.52. The molecule has 0 aliphatic rings. The topological polar surface area (TPSA) is 49.3 Å². The summed E-state index contributed by atoms with van der Waals surface area (Å²) in [4.78, 5) is 13.8.